The number of halogens is 2. The third-order valence-electron chi connectivity index (χ3n) is 2.72. The van der Waals surface area contributed by atoms with E-state index >= 15 is 0 Å². The lowest BCUT2D eigenvalue weighted by molar-refractivity contribution is -0.385. The fraction of sp³-hybridized carbons (Fsp3) is 0.0769. The first-order valence-electron chi connectivity index (χ1n) is 5.96. The van der Waals surface area contributed by atoms with Crippen LogP contribution in [0.1, 0.15) is 0 Å². The lowest BCUT2D eigenvalue weighted by Crippen LogP contribution is -2.12. The number of non-ortho nitro benzene ring substituents is 1. The molecule has 0 atom stereocenters. The highest BCUT2D eigenvalue weighted by Gasteiger charge is 2.26. The van der Waals surface area contributed by atoms with Gasteiger partial charge in [-0.3, -0.25) is 10.1 Å². The van der Waals surface area contributed by atoms with Gasteiger partial charge in [-0.05, 0) is 24.3 Å². The zero-order chi connectivity index (χ0) is 17.2. The summed E-state index contributed by atoms with van der Waals surface area (Å²) >= 11 is 5.71. The van der Waals surface area contributed by atoms with Crippen molar-refractivity contribution in [1.29, 1.82) is 0 Å². The first-order chi connectivity index (χ1) is 10.7. The summed E-state index contributed by atoms with van der Waals surface area (Å²) in [6.07, 6.45) is 0. The van der Waals surface area contributed by atoms with E-state index in [4.69, 9.17) is 20.5 Å². The van der Waals surface area contributed by atoms with E-state index in [1.54, 1.807) is 0 Å². The molecule has 23 heavy (non-hydrogen) atoms. The molecule has 0 unspecified atom stereocenters. The maximum Gasteiger partial charge on any atom is 0.343 e. The van der Waals surface area contributed by atoms with Crippen molar-refractivity contribution in [2.75, 3.05) is 7.11 Å². The van der Waals surface area contributed by atoms with E-state index in [2.05, 4.69) is 0 Å². The van der Waals surface area contributed by atoms with Crippen molar-refractivity contribution in [2.24, 2.45) is 0 Å². The number of nitrogens with zero attached hydrogens (tertiary/aromatic N) is 1. The Morgan fingerprint density at radius 3 is 2.39 bits per heavy atom. The predicted octanol–water partition coefficient (Wildman–Crippen LogP) is 3.16. The van der Waals surface area contributed by atoms with E-state index in [1.165, 1.54) is 7.11 Å². The van der Waals surface area contributed by atoms with E-state index in [9.17, 15) is 22.9 Å². The topological polar surface area (TPSA) is 95.7 Å². The summed E-state index contributed by atoms with van der Waals surface area (Å²) in [4.78, 5) is 9.49. The maximum absolute atomic E-state index is 13.0. The molecule has 0 bridgehead atoms. The smallest absolute Gasteiger partial charge is 0.343 e. The highest BCUT2D eigenvalue weighted by molar-refractivity contribution is 7.87. The SMILES string of the molecule is COc1ccc([N+](=O)[O-])cc1S(=O)(=O)Oc1ccc(F)cc1Cl. The molecular weight excluding hydrogens is 353 g/mol. The van der Waals surface area contributed by atoms with Gasteiger partial charge in [-0.25, -0.2) is 4.39 Å². The Labute approximate surface area is 135 Å². The third-order valence-corrected chi connectivity index (χ3v) is 4.27. The van der Waals surface area contributed by atoms with Crippen LogP contribution in [-0.2, 0) is 10.1 Å². The highest BCUT2D eigenvalue weighted by atomic mass is 35.5. The molecule has 0 fully saturated rings. The second kappa shape index (κ2) is 6.39. The van der Waals surface area contributed by atoms with Crippen LogP contribution in [-0.4, -0.2) is 20.5 Å². The summed E-state index contributed by atoms with van der Waals surface area (Å²) in [5, 5.41) is 10.5. The van der Waals surface area contributed by atoms with Crippen LogP contribution >= 0.6 is 11.6 Å². The largest absolute Gasteiger partial charge is 0.495 e. The van der Waals surface area contributed by atoms with Gasteiger partial charge in [0, 0.05) is 12.1 Å². The van der Waals surface area contributed by atoms with Gasteiger partial charge >= 0.3 is 10.1 Å². The molecule has 0 aromatic heterocycles. The molecule has 7 nitrogen and oxygen atoms in total. The monoisotopic (exact) mass is 361 g/mol. The maximum atomic E-state index is 13.0. The quantitative estimate of drug-likeness (QED) is 0.461. The Bertz CT molecular complexity index is 871. The van der Waals surface area contributed by atoms with Gasteiger partial charge in [0.25, 0.3) is 5.69 Å². The molecule has 0 aliphatic rings. The zero-order valence-electron chi connectivity index (χ0n) is 11.5. The summed E-state index contributed by atoms with van der Waals surface area (Å²) in [6, 6.07) is 5.87. The van der Waals surface area contributed by atoms with Crippen LogP contribution in [0.2, 0.25) is 5.02 Å². The molecule has 0 saturated heterocycles. The van der Waals surface area contributed by atoms with Crippen LogP contribution in [0.15, 0.2) is 41.3 Å². The van der Waals surface area contributed by atoms with Crippen LogP contribution in [0.4, 0.5) is 10.1 Å². The zero-order valence-corrected chi connectivity index (χ0v) is 13.1. The Kier molecular flexibility index (Phi) is 4.71. The Hall–Kier alpha value is -2.39. The number of rotatable bonds is 5. The predicted molar refractivity (Wildman–Crippen MR) is 78.9 cm³/mol. The standard InChI is InChI=1S/C13H9ClFNO6S/c1-21-12-5-3-9(16(17)18)7-13(12)23(19,20)22-11-4-2-8(15)6-10(11)14/h2-7H,1H3. The first-order valence-corrected chi connectivity index (χ1v) is 7.75. The van der Waals surface area contributed by atoms with E-state index in [0.29, 0.717) is 0 Å². The van der Waals surface area contributed by atoms with Gasteiger partial charge in [0.15, 0.2) is 10.6 Å². The van der Waals surface area contributed by atoms with Crippen molar-refractivity contribution < 1.29 is 26.7 Å². The Balaban J connectivity index is 2.50. The molecule has 0 heterocycles. The molecule has 10 heteroatoms. The fourth-order valence-corrected chi connectivity index (χ4v) is 3.07. The van der Waals surface area contributed by atoms with Gasteiger partial charge in [0.05, 0.1) is 17.1 Å². The van der Waals surface area contributed by atoms with Gasteiger partial charge in [-0.2, -0.15) is 8.42 Å². The summed E-state index contributed by atoms with van der Waals surface area (Å²) in [6.45, 7) is 0. The molecule has 2 aromatic carbocycles. The molecule has 0 spiro atoms. The molecule has 0 aliphatic heterocycles. The van der Waals surface area contributed by atoms with Gasteiger partial charge in [-0.15, -0.1) is 0 Å². The van der Waals surface area contributed by atoms with Crippen molar-refractivity contribution in [1.82, 2.24) is 0 Å². The normalized spacial score (nSPS) is 11.1. The van der Waals surface area contributed by atoms with Crippen LogP contribution < -0.4 is 8.92 Å². The van der Waals surface area contributed by atoms with E-state index in [0.717, 1.165) is 36.4 Å². The number of benzene rings is 2. The summed E-state index contributed by atoms with van der Waals surface area (Å²) in [5.74, 6) is -1.14. The summed E-state index contributed by atoms with van der Waals surface area (Å²) < 4.78 is 47.3. The number of nitro groups is 1. The highest BCUT2D eigenvalue weighted by Crippen LogP contribution is 2.33. The van der Waals surface area contributed by atoms with E-state index < -0.39 is 31.4 Å². The van der Waals surface area contributed by atoms with E-state index in [-0.39, 0.29) is 16.5 Å². The molecule has 0 aliphatic carbocycles. The molecule has 0 N–H and O–H groups in total. The van der Waals surface area contributed by atoms with Crippen molar-refractivity contribution in [2.45, 2.75) is 4.90 Å². The van der Waals surface area contributed by atoms with Gasteiger partial charge in [0.1, 0.15) is 11.6 Å². The lowest BCUT2D eigenvalue weighted by Gasteiger charge is -2.11. The molecule has 0 radical (unpaired) electrons. The lowest BCUT2D eigenvalue weighted by atomic mass is 10.3. The van der Waals surface area contributed by atoms with Crippen LogP contribution in [0.3, 0.4) is 0 Å². The second-order valence-corrected chi connectivity index (χ2v) is 6.13. The second-order valence-electron chi connectivity index (χ2n) is 4.20. The summed E-state index contributed by atoms with van der Waals surface area (Å²) in [7, 11) is -3.28. The first kappa shape index (κ1) is 17.0. The summed E-state index contributed by atoms with van der Waals surface area (Å²) in [5.41, 5.74) is -0.460. The molecule has 122 valence electrons. The number of hydrogen-bond donors (Lipinski definition) is 0. The van der Waals surface area contributed by atoms with Gasteiger partial charge < -0.3 is 8.92 Å². The number of ether oxygens (including phenoxy) is 1. The minimum atomic E-state index is -4.48. The number of methoxy groups -OCH3 is 1. The fourth-order valence-electron chi connectivity index (χ4n) is 1.68. The molecule has 0 saturated carbocycles. The third kappa shape index (κ3) is 3.69. The van der Waals surface area contributed by atoms with Crippen molar-refractivity contribution >= 4 is 27.4 Å². The van der Waals surface area contributed by atoms with Crippen molar-refractivity contribution in [3.8, 4) is 11.5 Å². The average molecular weight is 362 g/mol. The van der Waals surface area contributed by atoms with Crippen LogP contribution in [0.25, 0.3) is 0 Å². The molecule has 2 aromatic rings. The van der Waals surface area contributed by atoms with Crippen LogP contribution in [0.5, 0.6) is 11.5 Å². The van der Waals surface area contributed by atoms with Gasteiger partial charge in [0.2, 0.25) is 0 Å². The molecule has 0 amide bonds. The Morgan fingerprint density at radius 1 is 1.17 bits per heavy atom. The van der Waals surface area contributed by atoms with Crippen molar-refractivity contribution in [3.63, 3.8) is 0 Å². The number of hydrogen-bond acceptors (Lipinski definition) is 6. The minimum Gasteiger partial charge on any atom is -0.495 e. The van der Waals surface area contributed by atoms with Gasteiger partial charge in [-0.1, -0.05) is 11.6 Å². The average Bonchev–Trinajstić information content (AvgIpc) is 2.49. The molecule has 2 rings (SSSR count). The van der Waals surface area contributed by atoms with Crippen molar-refractivity contribution in [3.05, 3.63) is 57.4 Å². The Morgan fingerprint density at radius 2 is 1.83 bits per heavy atom. The number of nitro benzene ring substituents is 1. The minimum absolute atomic E-state index is 0.145. The van der Waals surface area contributed by atoms with E-state index in [1.807, 2.05) is 0 Å². The van der Waals surface area contributed by atoms with Crippen LogP contribution in [0, 0.1) is 15.9 Å². The molecular formula is C13H9ClFNO6S.